The van der Waals surface area contributed by atoms with E-state index in [4.69, 9.17) is 14.6 Å². The second-order valence-corrected chi connectivity index (χ2v) is 3.62. The first-order valence-electron chi connectivity index (χ1n) is 5.15. The zero-order valence-electron chi connectivity index (χ0n) is 9.34. The van der Waals surface area contributed by atoms with Crippen molar-refractivity contribution in [3.63, 3.8) is 0 Å². The summed E-state index contributed by atoms with van der Waals surface area (Å²) in [6, 6.07) is 3.78. The van der Waals surface area contributed by atoms with Gasteiger partial charge in [0, 0.05) is 6.08 Å². The van der Waals surface area contributed by atoms with Crippen LogP contribution in [0.5, 0.6) is 11.5 Å². The Bertz CT molecular complexity index is 500. The number of carbonyl (C=O) groups is 1. The average molecular weight is 232 g/mol. The number of rotatable bonds is 3. The van der Waals surface area contributed by atoms with E-state index in [0.29, 0.717) is 0 Å². The summed E-state index contributed by atoms with van der Waals surface area (Å²) >= 11 is 0. The van der Waals surface area contributed by atoms with E-state index in [2.05, 4.69) is 0 Å². The number of carboxylic acid groups (broad SMARTS) is 1. The van der Waals surface area contributed by atoms with Gasteiger partial charge in [0.05, 0.1) is 0 Å². The fraction of sp³-hybridized carbons (Fsp3) is 0.154. The van der Waals surface area contributed by atoms with Gasteiger partial charge in [-0.2, -0.15) is 0 Å². The molecule has 17 heavy (non-hydrogen) atoms. The molecular formula is C13H12O4. The Morgan fingerprint density at radius 1 is 1.29 bits per heavy atom. The quantitative estimate of drug-likeness (QED) is 0.642. The van der Waals surface area contributed by atoms with Crippen LogP contribution < -0.4 is 9.47 Å². The normalized spacial score (nSPS) is 13.7. The number of ether oxygens (including phenoxy) is 2. The summed E-state index contributed by atoms with van der Waals surface area (Å²) in [6.07, 6.45) is 6.07. The van der Waals surface area contributed by atoms with Crippen LogP contribution in [0.1, 0.15) is 11.1 Å². The second kappa shape index (κ2) is 4.74. The number of hydrogen-bond donors (Lipinski definition) is 1. The monoisotopic (exact) mass is 232 g/mol. The number of hydrogen-bond acceptors (Lipinski definition) is 3. The van der Waals surface area contributed by atoms with Crippen molar-refractivity contribution >= 4 is 12.0 Å². The van der Waals surface area contributed by atoms with Crippen molar-refractivity contribution < 1.29 is 19.4 Å². The van der Waals surface area contributed by atoms with Gasteiger partial charge in [0.2, 0.25) is 6.79 Å². The van der Waals surface area contributed by atoms with E-state index in [1.54, 1.807) is 6.08 Å². The molecule has 0 radical (unpaired) electrons. The molecular weight excluding hydrogens is 220 g/mol. The molecule has 1 aliphatic rings. The minimum absolute atomic E-state index is 0.251. The van der Waals surface area contributed by atoms with Gasteiger partial charge in [0.1, 0.15) is 0 Å². The van der Waals surface area contributed by atoms with E-state index in [9.17, 15) is 4.79 Å². The molecule has 0 atom stereocenters. The highest BCUT2D eigenvalue weighted by atomic mass is 16.7. The fourth-order valence-corrected chi connectivity index (χ4v) is 1.54. The van der Waals surface area contributed by atoms with Crippen LogP contribution in [-0.4, -0.2) is 17.9 Å². The van der Waals surface area contributed by atoms with Crippen LogP contribution in [0.25, 0.3) is 6.08 Å². The number of benzene rings is 1. The van der Waals surface area contributed by atoms with E-state index in [1.165, 1.54) is 6.08 Å². The molecule has 1 heterocycles. The summed E-state index contributed by atoms with van der Waals surface area (Å²) in [5.74, 6) is 0.509. The summed E-state index contributed by atoms with van der Waals surface area (Å²) in [5, 5.41) is 8.43. The largest absolute Gasteiger partial charge is 0.478 e. The van der Waals surface area contributed by atoms with Crippen LogP contribution in [0, 0.1) is 6.92 Å². The van der Waals surface area contributed by atoms with Gasteiger partial charge in [-0.3, -0.25) is 0 Å². The summed E-state index contributed by atoms with van der Waals surface area (Å²) in [5.41, 5.74) is 2.03. The van der Waals surface area contributed by atoms with Gasteiger partial charge in [0.15, 0.2) is 11.5 Å². The lowest BCUT2D eigenvalue weighted by Crippen LogP contribution is -1.92. The molecule has 1 N–H and O–H groups in total. The van der Waals surface area contributed by atoms with Crippen molar-refractivity contribution in [2.24, 2.45) is 0 Å². The van der Waals surface area contributed by atoms with Crippen LogP contribution in [0.2, 0.25) is 0 Å². The van der Waals surface area contributed by atoms with Crippen molar-refractivity contribution in [3.05, 3.63) is 41.5 Å². The Labute approximate surface area is 98.8 Å². The summed E-state index contributed by atoms with van der Waals surface area (Å²) < 4.78 is 10.5. The molecule has 4 nitrogen and oxygen atoms in total. The van der Waals surface area contributed by atoms with Gasteiger partial charge in [-0.15, -0.1) is 0 Å². The zero-order chi connectivity index (χ0) is 12.3. The molecule has 88 valence electrons. The third kappa shape index (κ3) is 2.66. The number of carboxylic acids is 1. The third-order valence-corrected chi connectivity index (χ3v) is 2.39. The van der Waals surface area contributed by atoms with Gasteiger partial charge >= 0.3 is 5.97 Å². The second-order valence-electron chi connectivity index (χ2n) is 3.62. The number of aryl methyl sites for hydroxylation is 1. The zero-order valence-corrected chi connectivity index (χ0v) is 9.34. The van der Waals surface area contributed by atoms with E-state index in [1.807, 2.05) is 25.1 Å². The molecule has 0 aliphatic carbocycles. The molecule has 0 amide bonds. The Hall–Kier alpha value is -2.23. The van der Waals surface area contributed by atoms with E-state index in [0.717, 1.165) is 28.7 Å². The summed E-state index contributed by atoms with van der Waals surface area (Å²) in [7, 11) is 0. The Balaban J connectivity index is 2.19. The van der Waals surface area contributed by atoms with E-state index >= 15 is 0 Å². The first kappa shape index (κ1) is 11.3. The number of aliphatic carboxylic acids is 1. The molecule has 1 aromatic rings. The standard InChI is InChI=1S/C13H12O4/c1-9-6-11-12(17-8-16-11)7-10(9)4-2-3-5-13(14)15/h2-7H,8H2,1H3,(H,14,15)/b4-2+,5-3+. The molecule has 0 saturated heterocycles. The summed E-state index contributed by atoms with van der Waals surface area (Å²) in [4.78, 5) is 10.3. The van der Waals surface area contributed by atoms with Gasteiger partial charge in [-0.25, -0.2) is 4.79 Å². The van der Waals surface area contributed by atoms with Crippen LogP contribution in [0.15, 0.2) is 30.4 Å². The predicted molar refractivity (Wildman–Crippen MR) is 63.1 cm³/mol. The van der Waals surface area contributed by atoms with Crippen molar-refractivity contribution in [2.45, 2.75) is 6.92 Å². The van der Waals surface area contributed by atoms with Crippen LogP contribution in [0.4, 0.5) is 0 Å². The Morgan fingerprint density at radius 3 is 2.71 bits per heavy atom. The maximum absolute atomic E-state index is 10.3. The van der Waals surface area contributed by atoms with E-state index in [-0.39, 0.29) is 6.79 Å². The minimum Gasteiger partial charge on any atom is -0.478 e. The predicted octanol–water partition coefficient (Wildman–Crippen LogP) is 2.38. The lowest BCUT2D eigenvalue weighted by Gasteiger charge is -2.02. The van der Waals surface area contributed by atoms with Crippen molar-refractivity contribution in [3.8, 4) is 11.5 Å². The van der Waals surface area contributed by atoms with Crippen molar-refractivity contribution in [1.29, 1.82) is 0 Å². The first-order chi connectivity index (χ1) is 8.16. The molecule has 2 rings (SSSR count). The smallest absolute Gasteiger partial charge is 0.328 e. The number of fused-ring (bicyclic) bond motifs is 1. The fourth-order valence-electron chi connectivity index (χ4n) is 1.54. The topological polar surface area (TPSA) is 55.8 Å². The molecule has 0 saturated carbocycles. The highest BCUT2D eigenvalue weighted by Gasteiger charge is 2.14. The Morgan fingerprint density at radius 2 is 2.00 bits per heavy atom. The lowest BCUT2D eigenvalue weighted by molar-refractivity contribution is -0.131. The molecule has 0 unspecified atom stereocenters. The van der Waals surface area contributed by atoms with E-state index < -0.39 is 5.97 Å². The third-order valence-electron chi connectivity index (χ3n) is 2.39. The molecule has 0 aromatic heterocycles. The van der Waals surface area contributed by atoms with Gasteiger partial charge in [0.25, 0.3) is 0 Å². The van der Waals surface area contributed by atoms with Gasteiger partial charge < -0.3 is 14.6 Å². The number of allylic oxidation sites excluding steroid dienone is 2. The molecule has 0 spiro atoms. The SMILES string of the molecule is Cc1cc2c(cc1/C=C/C=C/C(=O)O)OCO2. The molecule has 1 aromatic carbocycles. The highest BCUT2D eigenvalue weighted by molar-refractivity contribution is 5.80. The molecule has 0 bridgehead atoms. The Kier molecular flexibility index (Phi) is 3.14. The first-order valence-corrected chi connectivity index (χ1v) is 5.15. The van der Waals surface area contributed by atoms with Gasteiger partial charge in [-0.05, 0) is 30.2 Å². The lowest BCUT2D eigenvalue weighted by atomic mass is 10.1. The molecule has 1 aliphatic heterocycles. The summed E-state index contributed by atoms with van der Waals surface area (Å²) in [6.45, 7) is 2.21. The van der Waals surface area contributed by atoms with Crippen LogP contribution >= 0.6 is 0 Å². The highest BCUT2D eigenvalue weighted by Crippen LogP contribution is 2.34. The van der Waals surface area contributed by atoms with Crippen LogP contribution in [0.3, 0.4) is 0 Å². The maximum Gasteiger partial charge on any atom is 0.328 e. The minimum atomic E-state index is -0.961. The van der Waals surface area contributed by atoms with Crippen LogP contribution in [-0.2, 0) is 4.79 Å². The average Bonchev–Trinajstić information content (AvgIpc) is 2.71. The molecule has 4 heteroatoms. The van der Waals surface area contributed by atoms with Crippen molar-refractivity contribution in [2.75, 3.05) is 6.79 Å². The van der Waals surface area contributed by atoms with Crippen molar-refractivity contribution in [1.82, 2.24) is 0 Å². The maximum atomic E-state index is 10.3. The van der Waals surface area contributed by atoms with Gasteiger partial charge in [-0.1, -0.05) is 18.2 Å². The molecule has 0 fully saturated rings.